The summed E-state index contributed by atoms with van der Waals surface area (Å²) in [5.74, 6) is -4.04. The van der Waals surface area contributed by atoms with Crippen LogP contribution in [-0.4, -0.2) is 50.1 Å². The van der Waals surface area contributed by atoms with Gasteiger partial charge in [0.2, 0.25) is 0 Å². The van der Waals surface area contributed by atoms with Crippen LogP contribution in [0.25, 0.3) is 10.4 Å². The molecule has 0 aliphatic carbocycles. The molecule has 0 heterocycles. The maximum Gasteiger partial charge on any atom is 0.251 e. The van der Waals surface area contributed by atoms with Gasteiger partial charge in [0.1, 0.15) is 12.8 Å². The summed E-state index contributed by atoms with van der Waals surface area (Å²) in [6.07, 6.45) is 0.161. The van der Waals surface area contributed by atoms with E-state index in [1.807, 2.05) is 43.3 Å². The van der Waals surface area contributed by atoms with Crippen LogP contribution in [0.3, 0.4) is 0 Å². The topological polar surface area (TPSA) is 190 Å². The van der Waals surface area contributed by atoms with Crippen molar-refractivity contribution < 1.29 is 28.2 Å². The monoisotopic (exact) mass is 699 g/mol. The van der Waals surface area contributed by atoms with Crippen LogP contribution in [0.5, 0.6) is 5.75 Å². The van der Waals surface area contributed by atoms with Crippen molar-refractivity contribution in [1.29, 1.82) is 0 Å². The second kappa shape index (κ2) is 18.9. The minimum absolute atomic E-state index is 0.0885. The third-order valence-corrected chi connectivity index (χ3v) is 7.68. The molecular weight excluding hydrogens is 660 g/mol. The largest absolute Gasteiger partial charge is 0.480 e. The number of anilines is 1. The van der Waals surface area contributed by atoms with E-state index in [4.69, 9.17) is 16.0 Å². The number of rotatable bonds is 18. The molecule has 0 spiro atoms. The lowest BCUT2D eigenvalue weighted by atomic mass is 10.0. The molecule has 0 radical (unpaired) electrons. The molecule has 51 heavy (non-hydrogen) atoms. The number of aliphatic hydroxyl groups is 1. The van der Waals surface area contributed by atoms with Crippen molar-refractivity contribution in [2.24, 2.45) is 21.1 Å². The lowest BCUT2D eigenvalue weighted by Crippen LogP contribution is -2.43. The van der Waals surface area contributed by atoms with E-state index in [1.54, 1.807) is 24.3 Å². The SMILES string of the molecule is CN(C)c1ccc(N=Nc2ccc(C(O)NCc3cc(F)c(OCC(=O)[C@H](CCCCN)NC(=O)c4cccc(N=[N+]=[N-])c4)c(F)c3)cc2)cc1. The van der Waals surface area contributed by atoms with Gasteiger partial charge in [-0.2, -0.15) is 10.2 Å². The molecule has 1 amide bonds. The van der Waals surface area contributed by atoms with Crippen LogP contribution in [0.2, 0.25) is 0 Å². The Morgan fingerprint density at radius 1 is 0.941 bits per heavy atom. The fourth-order valence-corrected chi connectivity index (χ4v) is 4.89. The number of Topliss-reactive ketones (excluding diaryl/α,β-unsaturated/α-hetero) is 1. The Kier molecular flexibility index (Phi) is 14.1. The molecule has 4 aromatic rings. The van der Waals surface area contributed by atoms with Gasteiger partial charge in [-0.05, 0) is 103 Å². The Bertz CT molecular complexity index is 1840. The van der Waals surface area contributed by atoms with Crippen LogP contribution < -0.4 is 26.0 Å². The minimum Gasteiger partial charge on any atom is -0.480 e. The van der Waals surface area contributed by atoms with Gasteiger partial charge in [-0.25, -0.2) is 8.78 Å². The number of amides is 1. The molecule has 4 rings (SSSR count). The maximum absolute atomic E-state index is 15.0. The Hall–Kier alpha value is -5.73. The van der Waals surface area contributed by atoms with E-state index in [9.17, 15) is 23.5 Å². The number of nitrogens with two attached hydrogens (primary N) is 1. The van der Waals surface area contributed by atoms with Crippen LogP contribution in [0.4, 0.5) is 31.5 Å². The molecule has 0 aliphatic rings. The average molecular weight is 700 g/mol. The van der Waals surface area contributed by atoms with Gasteiger partial charge < -0.3 is 25.8 Å². The highest BCUT2D eigenvalue weighted by Gasteiger charge is 2.23. The van der Waals surface area contributed by atoms with Crippen LogP contribution in [-0.2, 0) is 11.3 Å². The van der Waals surface area contributed by atoms with Crippen molar-refractivity contribution in [2.75, 3.05) is 32.1 Å². The van der Waals surface area contributed by atoms with E-state index in [1.165, 1.54) is 24.3 Å². The number of hydrogen-bond donors (Lipinski definition) is 4. The normalized spacial score (nSPS) is 12.2. The number of benzene rings is 4. The molecule has 4 aromatic carbocycles. The fraction of sp³-hybridized carbons (Fsp3) is 0.278. The van der Waals surface area contributed by atoms with E-state index >= 15 is 0 Å². The van der Waals surface area contributed by atoms with Crippen molar-refractivity contribution >= 4 is 34.4 Å². The van der Waals surface area contributed by atoms with Gasteiger partial charge in [0.05, 0.1) is 17.4 Å². The highest BCUT2D eigenvalue weighted by molar-refractivity contribution is 5.98. The molecule has 0 saturated carbocycles. The number of ether oxygens (including phenoxy) is 1. The predicted molar refractivity (Wildman–Crippen MR) is 189 cm³/mol. The first-order valence-corrected chi connectivity index (χ1v) is 16.1. The molecule has 5 N–H and O–H groups in total. The van der Waals surface area contributed by atoms with Crippen molar-refractivity contribution in [2.45, 2.75) is 38.1 Å². The lowest BCUT2D eigenvalue weighted by molar-refractivity contribution is -0.123. The highest BCUT2D eigenvalue weighted by atomic mass is 19.1. The van der Waals surface area contributed by atoms with Gasteiger partial charge in [0.15, 0.2) is 23.2 Å². The zero-order valence-electron chi connectivity index (χ0n) is 28.2. The highest BCUT2D eigenvalue weighted by Crippen LogP contribution is 2.26. The van der Waals surface area contributed by atoms with E-state index in [0.29, 0.717) is 36.3 Å². The Morgan fingerprint density at radius 3 is 2.20 bits per heavy atom. The van der Waals surface area contributed by atoms with Crippen molar-refractivity contribution in [3.05, 3.63) is 124 Å². The van der Waals surface area contributed by atoms with Gasteiger partial charge in [-0.3, -0.25) is 14.9 Å². The number of nitrogens with one attached hydrogen (secondary N) is 2. The number of aliphatic hydroxyl groups excluding tert-OH is 1. The zero-order chi connectivity index (χ0) is 36.8. The van der Waals surface area contributed by atoms with Crippen LogP contribution >= 0.6 is 0 Å². The summed E-state index contributed by atoms with van der Waals surface area (Å²) in [7, 11) is 3.90. The molecule has 266 valence electrons. The average Bonchev–Trinajstić information content (AvgIpc) is 3.12. The van der Waals surface area contributed by atoms with Gasteiger partial charge in [0.25, 0.3) is 5.91 Å². The van der Waals surface area contributed by atoms with Crippen molar-refractivity contribution in [3.63, 3.8) is 0 Å². The van der Waals surface area contributed by atoms with Crippen molar-refractivity contribution in [1.82, 2.24) is 10.6 Å². The Morgan fingerprint density at radius 2 is 1.59 bits per heavy atom. The smallest absolute Gasteiger partial charge is 0.251 e. The van der Waals surface area contributed by atoms with Crippen LogP contribution in [0.15, 0.2) is 100 Å². The third kappa shape index (κ3) is 11.4. The summed E-state index contributed by atoms with van der Waals surface area (Å²) in [5, 5.41) is 28.0. The molecule has 15 heteroatoms. The summed E-state index contributed by atoms with van der Waals surface area (Å²) in [4.78, 5) is 30.6. The van der Waals surface area contributed by atoms with Gasteiger partial charge in [-0.1, -0.05) is 29.4 Å². The number of halogens is 2. The molecule has 0 fully saturated rings. The first kappa shape index (κ1) is 38.1. The summed E-state index contributed by atoms with van der Waals surface area (Å²) in [6, 6.07) is 21.2. The maximum atomic E-state index is 15.0. The standard InChI is InChI=1S/C36H39F2N9O4/c1-47(2)29-15-13-27(14-16-29)44-43-26-11-9-24(10-12-26)35(49)41-21-23-18-30(37)34(31(38)19-23)51-22-33(48)32(8-3-4-17-39)42-36(50)25-6-5-7-28(20-25)45-46-40/h5-7,9-16,18-20,32,35,41,49H,3-4,8,17,21-22,39H2,1-2H3,(H,42,50)/t32-,35?/m0/s1. The van der Waals surface area contributed by atoms with Crippen LogP contribution in [0, 0.1) is 11.6 Å². The van der Waals surface area contributed by atoms with Gasteiger partial charge in [0, 0.05) is 42.5 Å². The molecule has 13 nitrogen and oxygen atoms in total. The number of unbranched alkanes of at least 4 members (excludes halogenated alkanes) is 1. The number of azo groups is 1. The summed E-state index contributed by atoms with van der Waals surface area (Å²) in [5.41, 5.74) is 17.6. The molecular formula is C36H39F2N9O4. The molecule has 1 unspecified atom stereocenters. The fourth-order valence-electron chi connectivity index (χ4n) is 4.89. The number of carbonyl (C=O) groups excluding carboxylic acids is 2. The summed E-state index contributed by atoms with van der Waals surface area (Å²) < 4.78 is 35.2. The van der Waals surface area contributed by atoms with E-state index < -0.39 is 48.0 Å². The Labute approximate surface area is 293 Å². The van der Waals surface area contributed by atoms with Crippen LogP contribution in [0.1, 0.15) is 47.0 Å². The van der Waals surface area contributed by atoms with Gasteiger partial charge in [-0.15, -0.1) is 0 Å². The van der Waals surface area contributed by atoms with Gasteiger partial charge >= 0.3 is 0 Å². The number of hydrogen-bond acceptors (Lipinski definition) is 10. The summed E-state index contributed by atoms with van der Waals surface area (Å²) in [6.45, 7) is -0.426. The zero-order valence-corrected chi connectivity index (χ0v) is 28.2. The first-order chi connectivity index (χ1) is 24.6. The minimum atomic E-state index is -1.15. The molecule has 2 atom stereocenters. The second-order valence-electron chi connectivity index (χ2n) is 11.7. The van der Waals surface area contributed by atoms with E-state index in [2.05, 4.69) is 30.9 Å². The van der Waals surface area contributed by atoms with E-state index in [-0.39, 0.29) is 29.8 Å². The molecule has 0 aromatic heterocycles. The lowest BCUT2D eigenvalue weighted by Gasteiger charge is -2.19. The molecule has 0 saturated heterocycles. The second-order valence-corrected chi connectivity index (χ2v) is 11.7. The quantitative estimate of drug-likeness (QED) is 0.0281. The predicted octanol–water partition coefficient (Wildman–Crippen LogP) is 7.04. The number of ketones is 1. The number of azide groups is 1. The third-order valence-electron chi connectivity index (χ3n) is 7.68. The van der Waals surface area contributed by atoms with Crippen molar-refractivity contribution in [3.8, 4) is 5.75 Å². The van der Waals surface area contributed by atoms with E-state index in [0.717, 1.165) is 17.8 Å². The first-order valence-electron chi connectivity index (χ1n) is 16.1. The summed E-state index contributed by atoms with van der Waals surface area (Å²) >= 11 is 0. The molecule has 0 bridgehead atoms. The molecule has 0 aliphatic heterocycles. The Balaban J connectivity index is 1.32. The number of nitrogens with zero attached hydrogens (tertiary/aromatic N) is 6. The number of carbonyl (C=O) groups is 2.